The van der Waals surface area contributed by atoms with Crippen molar-refractivity contribution in [3.05, 3.63) is 80.7 Å². The van der Waals surface area contributed by atoms with Crippen LogP contribution in [0.25, 0.3) is 11.0 Å². The molecule has 3 aromatic rings. The van der Waals surface area contributed by atoms with E-state index >= 15 is 0 Å². The third-order valence-electron chi connectivity index (χ3n) is 4.12. The van der Waals surface area contributed by atoms with Crippen molar-refractivity contribution in [2.45, 2.75) is 26.3 Å². The van der Waals surface area contributed by atoms with Gasteiger partial charge in [-0.2, -0.15) is 0 Å². The fraction of sp³-hybridized carbons (Fsp3) is 0.250. The Hall–Kier alpha value is -2.10. The van der Waals surface area contributed by atoms with Crippen molar-refractivity contribution in [1.29, 1.82) is 0 Å². The first-order chi connectivity index (χ1) is 11.7. The first-order valence-electron chi connectivity index (χ1n) is 8.16. The van der Waals surface area contributed by atoms with Crippen molar-refractivity contribution < 1.29 is 4.42 Å². The summed E-state index contributed by atoms with van der Waals surface area (Å²) in [4.78, 5) is 11.8. The fourth-order valence-electron chi connectivity index (χ4n) is 2.75. The highest BCUT2D eigenvalue weighted by molar-refractivity contribution is 6.30. The number of hydrogen-bond acceptors (Lipinski definition) is 3. The van der Waals surface area contributed by atoms with E-state index in [2.05, 4.69) is 18.3 Å². The second-order valence-corrected chi connectivity index (χ2v) is 6.26. The van der Waals surface area contributed by atoms with Gasteiger partial charge in [-0.15, -0.1) is 0 Å². The summed E-state index contributed by atoms with van der Waals surface area (Å²) in [6.07, 6.45) is 1.83. The Balaban J connectivity index is 1.68. The summed E-state index contributed by atoms with van der Waals surface area (Å²) in [7, 11) is 0. The highest BCUT2D eigenvalue weighted by atomic mass is 35.5. The molecule has 2 aromatic carbocycles. The molecule has 0 aliphatic carbocycles. The summed E-state index contributed by atoms with van der Waals surface area (Å²) in [5, 5.41) is 5.14. The molecule has 0 spiro atoms. The zero-order chi connectivity index (χ0) is 16.9. The van der Waals surface area contributed by atoms with Gasteiger partial charge >= 0.3 is 5.63 Å². The van der Waals surface area contributed by atoms with E-state index in [4.69, 9.17) is 16.0 Å². The van der Waals surface area contributed by atoms with E-state index in [1.54, 1.807) is 6.07 Å². The average molecular weight is 342 g/mol. The molecular weight excluding hydrogens is 322 g/mol. The smallest absolute Gasteiger partial charge is 0.336 e. The Labute approximate surface area is 146 Å². The molecule has 124 valence electrons. The van der Waals surface area contributed by atoms with Gasteiger partial charge in [0.15, 0.2) is 0 Å². The molecule has 0 unspecified atom stereocenters. The predicted octanol–water partition coefficient (Wildman–Crippen LogP) is 4.34. The Bertz CT molecular complexity index is 884. The van der Waals surface area contributed by atoms with Crippen LogP contribution in [0.5, 0.6) is 0 Å². The molecule has 0 atom stereocenters. The molecule has 4 heteroatoms. The number of rotatable bonds is 6. The quantitative estimate of drug-likeness (QED) is 0.535. The fourth-order valence-corrected chi connectivity index (χ4v) is 2.87. The number of halogens is 1. The van der Waals surface area contributed by atoms with Crippen LogP contribution in [-0.4, -0.2) is 6.54 Å². The van der Waals surface area contributed by atoms with Crippen LogP contribution in [0.15, 0.2) is 57.7 Å². The highest BCUT2D eigenvalue weighted by Gasteiger charge is 2.06. The standard InChI is InChI=1S/C20H20ClNO2/c1-2-14-5-8-18-16(12-20(23)24-19(18)11-14)13-22-10-9-15-3-6-17(21)7-4-15/h3-8,11-12,22H,2,9-10,13H2,1H3. The lowest BCUT2D eigenvalue weighted by Gasteiger charge is -2.08. The molecule has 0 aliphatic heterocycles. The second kappa shape index (κ2) is 7.65. The van der Waals surface area contributed by atoms with E-state index < -0.39 is 0 Å². The van der Waals surface area contributed by atoms with Crippen molar-refractivity contribution in [2.75, 3.05) is 6.54 Å². The summed E-state index contributed by atoms with van der Waals surface area (Å²) in [5.74, 6) is 0. The first kappa shape index (κ1) is 16.7. The third-order valence-corrected chi connectivity index (χ3v) is 4.37. The van der Waals surface area contributed by atoms with Gasteiger partial charge in [0.05, 0.1) is 0 Å². The molecular formula is C20H20ClNO2. The minimum atomic E-state index is -0.301. The summed E-state index contributed by atoms with van der Waals surface area (Å²) < 4.78 is 5.34. The molecule has 3 rings (SSSR count). The molecule has 0 saturated carbocycles. The Morgan fingerprint density at radius 2 is 1.79 bits per heavy atom. The minimum Gasteiger partial charge on any atom is -0.423 e. The lowest BCUT2D eigenvalue weighted by Crippen LogP contribution is -2.18. The molecule has 0 aliphatic rings. The Morgan fingerprint density at radius 1 is 1.04 bits per heavy atom. The van der Waals surface area contributed by atoms with Gasteiger partial charge in [0, 0.05) is 23.0 Å². The Morgan fingerprint density at radius 3 is 2.54 bits per heavy atom. The number of aryl methyl sites for hydroxylation is 1. The van der Waals surface area contributed by atoms with Crippen molar-refractivity contribution in [3.8, 4) is 0 Å². The van der Waals surface area contributed by atoms with Crippen LogP contribution in [0.1, 0.15) is 23.6 Å². The van der Waals surface area contributed by atoms with E-state index in [-0.39, 0.29) is 5.63 Å². The lowest BCUT2D eigenvalue weighted by atomic mass is 10.1. The Kier molecular flexibility index (Phi) is 5.34. The van der Waals surface area contributed by atoms with Crippen LogP contribution in [0.2, 0.25) is 5.02 Å². The van der Waals surface area contributed by atoms with Gasteiger partial charge in [-0.1, -0.05) is 42.8 Å². The van der Waals surface area contributed by atoms with Gasteiger partial charge in [-0.3, -0.25) is 0 Å². The van der Waals surface area contributed by atoms with Gasteiger partial charge in [0.2, 0.25) is 0 Å². The monoisotopic (exact) mass is 341 g/mol. The van der Waals surface area contributed by atoms with Crippen molar-refractivity contribution in [2.24, 2.45) is 0 Å². The molecule has 1 aromatic heterocycles. The van der Waals surface area contributed by atoms with Crippen LogP contribution in [0.3, 0.4) is 0 Å². The molecule has 0 bridgehead atoms. The van der Waals surface area contributed by atoms with Gasteiger partial charge in [0.1, 0.15) is 5.58 Å². The molecule has 0 fully saturated rings. The summed E-state index contributed by atoms with van der Waals surface area (Å²) in [5.41, 5.74) is 3.73. The maximum absolute atomic E-state index is 11.8. The molecule has 1 N–H and O–H groups in total. The topological polar surface area (TPSA) is 42.2 Å². The van der Waals surface area contributed by atoms with Gasteiger partial charge in [-0.25, -0.2) is 4.79 Å². The van der Waals surface area contributed by atoms with Gasteiger partial charge in [-0.05, 0) is 54.3 Å². The number of nitrogens with one attached hydrogen (secondary N) is 1. The van der Waals surface area contributed by atoms with E-state index in [1.165, 1.54) is 11.1 Å². The predicted molar refractivity (Wildman–Crippen MR) is 98.7 cm³/mol. The molecule has 0 radical (unpaired) electrons. The third kappa shape index (κ3) is 4.05. The van der Waals surface area contributed by atoms with Crippen LogP contribution in [-0.2, 0) is 19.4 Å². The van der Waals surface area contributed by atoms with Crippen LogP contribution in [0, 0.1) is 0 Å². The largest absolute Gasteiger partial charge is 0.423 e. The summed E-state index contributed by atoms with van der Waals surface area (Å²) >= 11 is 5.89. The number of hydrogen-bond donors (Lipinski definition) is 1. The summed E-state index contributed by atoms with van der Waals surface area (Å²) in [6.45, 7) is 3.55. The molecule has 0 amide bonds. The van der Waals surface area contributed by atoms with Crippen LogP contribution in [0.4, 0.5) is 0 Å². The van der Waals surface area contributed by atoms with Crippen LogP contribution < -0.4 is 10.9 Å². The number of benzene rings is 2. The van der Waals surface area contributed by atoms with E-state index in [9.17, 15) is 4.79 Å². The maximum Gasteiger partial charge on any atom is 0.336 e. The molecule has 0 saturated heterocycles. The van der Waals surface area contributed by atoms with Crippen molar-refractivity contribution in [1.82, 2.24) is 5.32 Å². The first-order valence-corrected chi connectivity index (χ1v) is 8.54. The minimum absolute atomic E-state index is 0.301. The van der Waals surface area contributed by atoms with Gasteiger partial charge in [0.25, 0.3) is 0 Å². The van der Waals surface area contributed by atoms with E-state index in [0.29, 0.717) is 12.1 Å². The van der Waals surface area contributed by atoms with E-state index in [1.807, 2.05) is 36.4 Å². The lowest BCUT2D eigenvalue weighted by molar-refractivity contribution is 0.556. The molecule has 24 heavy (non-hydrogen) atoms. The zero-order valence-corrected chi connectivity index (χ0v) is 14.4. The molecule has 1 heterocycles. The van der Waals surface area contributed by atoms with Gasteiger partial charge < -0.3 is 9.73 Å². The second-order valence-electron chi connectivity index (χ2n) is 5.83. The molecule has 3 nitrogen and oxygen atoms in total. The van der Waals surface area contributed by atoms with Crippen molar-refractivity contribution in [3.63, 3.8) is 0 Å². The highest BCUT2D eigenvalue weighted by Crippen LogP contribution is 2.19. The number of fused-ring (bicyclic) bond motifs is 1. The maximum atomic E-state index is 11.8. The van der Waals surface area contributed by atoms with Crippen molar-refractivity contribution >= 4 is 22.6 Å². The normalized spacial score (nSPS) is 11.1. The SMILES string of the molecule is CCc1ccc2c(CNCCc3ccc(Cl)cc3)cc(=O)oc2c1. The van der Waals surface area contributed by atoms with Crippen LogP contribution >= 0.6 is 11.6 Å². The van der Waals surface area contributed by atoms with E-state index in [0.717, 1.165) is 35.4 Å². The zero-order valence-electron chi connectivity index (χ0n) is 13.6. The summed E-state index contributed by atoms with van der Waals surface area (Å²) in [6, 6.07) is 15.5. The average Bonchev–Trinajstić information content (AvgIpc) is 2.59.